The fourth-order valence-electron chi connectivity index (χ4n) is 1.57. The van der Waals surface area contributed by atoms with Crippen LogP contribution in [0.2, 0.25) is 0 Å². The van der Waals surface area contributed by atoms with Crippen LogP contribution in [0.15, 0.2) is 24.3 Å². The van der Waals surface area contributed by atoms with E-state index in [1.165, 1.54) is 0 Å². The number of nitrogens with one attached hydrogen (secondary N) is 2. The largest absolute Gasteiger partial charge is 0.462 e. The zero-order valence-electron chi connectivity index (χ0n) is 12.5. The molecule has 0 saturated carbocycles. The summed E-state index contributed by atoms with van der Waals surface area (Å²) in [5, 5.41) is 4.59. The standard InChI is InChI=1S/C15H19ClN2O4/c1-3-22-15(21)11-4-6-12(7-5-11)18-13(19)8-9-17-14(20)10(2)16/h4-7,10H,3,8-9H2,1-2H3,(H,17,20)(H,18,19). The average molecular weight is 327 g/mol. The van der Waals surface area contributed by atoms with Gasteiger partial charge in [-0.25, -0.2) is 4.79 Å². The molecule has 1 aromatic rings. The number of hydrogen-bond acceptors (Lipinski definition) is 4. The van der Waals surface area contributed by atoms with E-state index in [0.717, 1.165) is 0 Å². The Morgan fingerprint density at radius 1 is 1.23 bits per heavy atom. The van der Waals surface area contributed by atoms with Crippen LogP contribution < -0.4 is 10.6 Å². The third-order valence-corrected chi connectivity index (χ3v) is 2.89. The van der Waals surface area contributed by atoms with E-state index >= 15 is 0 Å². The number of amides is 2. The second kappa shape index (κ2) is 9.04. The predicted molar refractivity (Wildman–Crippen MR) is 84.0 cm³/mol. The van der Waals surface area contributed by atoms with Gasteiger partial charge in [-0.2, -0.15) is 0 Å². The Morgan fingerprint density at radius 3 is 2.41 bits per heavy atom. The molecule has 2 N–H and O–H groups in total. The van der Waals surface area contributed by atoms with Gasteiger partial charge in [0.2, 0.25) is 11.8 Å². The highest BCUT2D eigenvalue weighted by Gasteiger charge is 2.10. The van der Waals surface area contributed by atoms with Gasteiger partial charge in [-0.1, -0.05) is 0 Å². The average Bonchev–Trinajstić information content (AvgIpc) is 2.48. The van der Waals surface area contributed by atoms with E-state index in [1.807, 2.05) is 0 Å². The van der Waals surface area contributed by atoms with Gasteiger partial charge in [0.15, 0.2) is 0 Å². The number of hydrogen-bond donors (Lipinski definition) is 2. The fourth-order valence-corrected chi connectivity index (χ4v) is 1.64. The van der Waals surface area contributed by atoms with E-state index in [0.29, 0.717) is 17.9 Å². The third-order valence-electron chi connectivity index (χ3n) is 2.69. The van der Waals surface area contributed by atoms with Crippen molar-refractivity contribution in [2.24, 2.45) is 0 Å². The number of benzene rings is 1. The van der Waals surface area contributed by atoms with Crippen molar-refractivity contribution < 1.29 is 19.1 Å². The summed E-state index contributed by atoms with van der Waals surface area (Å²) in [6, 6.07) is 6.38. The van der Waals surface area contributed by atoms with Gasteiger partial charge < -0.3 is 15.4 Å². The molecule has 1 aromatic carbocycles. The van der Waals surface area contributed by atoms with Crippen LogP contribution in [0.5, 0.6) is 0 Å². The topological polar surface area (TPSA) is 84.5 Å². The number of carbonyl (C=O) groups excluding carboxylic acids is 3. The molecule has 22 heavy (non-hydrogen) atoms. The summed E-state index contributed by atoms with van der Waals surface area (Å²) < 4.78 is 4.87. The van der Waals surface area contributed by atoms with Crippen molar-refractivity contribution in [1.29, 1.82) is 0 Å². The highest BCUT2D eigenvalue weighted by Crippen LogP contribution is 2.10. The van der Waals surface area contributed by atoms with Crippen molar-refractivity contribution in [1.82, 2.24) is 5.32 Å². The van der Waals surface area contributed by atoms with Crippen LogP contribution in [0.4, 0.5) is 5.69 Å². The molecule has 0 saturated heterocycles. The quantitative estimate of drug-likeness (QED) is 0.592. The zero-order chi connectivity index (χ0) is 16.5. The minimum atomic E-state index is -0.626. The molecule has 0 aliphatic heterocycles. The first kappa shape index (κ1) is 18.0. The Balaban J connectivity index is 2.41. The molecule has 2 amide bonds. The van der Waals surface area contributed by atoms with Crippen LogP contribution in [0.25, 0.3) is 0 Å². The molecule has 0 heterocycles. The Labute approximate surface area is 134 Å². The molecule has 6 nitrogen and oxygen atoms in total. The molecule has 0 bridgehead atoms. The fraction of sp³-hybridized carbons (Fsp3) is 0.400. The van der Waals surface area contributed by atoms with Gasteiger partial charge >= 0.3 is 5.97 Å². The third kappa shape index (κ3) is 6.13. The lowest BCUT2D eigenvalue weighted by Gasteiger charge is -2.08. The lowest BCUT2D eigenvalue weighted by molar-refractivity contribution is -0.120. The maximum atomic E-state index is 11.7. The lowest BCUT2D eigenvalue weighted by atomic mass is 10.2. The molecule has 0 radical (unpaired) electrons. The molecular formula is C15H19ClN2O4. The first-order chi connectivity index (χ1) is 10.4. The first-order valence-electron chi connectivity index (χ1n) is 6.92. The Hall–Kier alpha value is -2.08. The SMILES string of the molecule is CCOC(=O)c1ccc(NC(=O)CCNC(=O)C(C)Cl)cc1. The van der Waals surface area contributed by atoms with Crippen LogP contribution in [-0.2, 0) is 14.3 Å². The normalized spacial score (nSPS) is 11.4. The number of rotatable bonds is 7. The van der Waals surface area contributed by atoms with Gasteiger partial charge in [-0.05, 0) is 38.1 Å². The molecule has 0 aliphatic rings. The highest BCUT2D eigenvalue weighted by molar-refractivity contribution is 6.30. The van der Waals surface area contributed by atoms with Crippen molar-refractivity contribution >= 4 is 35.1 Å². The van der Waals surface area contributed by atoms with Gasteiger partial charge in [0.25, 0.3) is 0 Å². The smallest absolute Gasteiger partial charge is 0.338 e. The Morgan fingerprint density at radius 2 is 1.86 bits per heavy atom. The molecule has 0 fully saturated rings. The second-order valence-corrected chi connectivity index (χ2v) is 5.16. The minimum absolute atomic E-state index is 0.134. The molecule has 7 heteroatoms. The number of halogens is 1. The molecule has 1 unspecified atom stereocenters. The Kier molecular flexibility index (Phi) is 7.39. The van der Waals surface area contributed by atoms with Crippen LogP contribution in [-0.4, -0.2) is 36.3 Å². The number of esters is 1. The molecular weight excluding hydrogens is 308 g/mol. The maximum absolute atomic E-state index is 11.7. The molecule has 1 rings (SSSR count). The summed E-state index contributed by atoms with van der Waals surface area (Å²) in [4.78, 5) is 34.4. The van der Waals surface area contributed by atoms with Crippen molar-refractivity contribution in [3.8, 4) is 0 Å². The maximum Gasteiger partial charge on any atom is 0.338 e. The highest BCUT2D eigenvalue weighted by atomic mass is 35.5. The molecule has 0 aliphatic carbocycles. The van der Waals surface area contributed by atoms with Crippen LogP contribution in [0.3, 0.4) is 0 Å². The van der Waals surface area contributed by atoms with E-state index in [1.54, 1.807) is 38.1 Å². The minimum Gasteiger partial charge on any atom is -0.462 e. The van der Waals surface area contributed by atoms with Gasteiger partial charge in [0.05, 0.1) is 12.2 Å². The summed E-state index contributed by atoms with van der Waals surface area (Å²) in [5.74, 6) is -0.960. The van der Waals surface area contributed by atoms with Crippen molar-refractivity contribution in [3.63, 3.8) is 0 Å². The van der Waals surface area contributed by atoms with E-state index in [4.69, 9.17) is 16.3 Å². The summed E-state index contributed by atoms with van der Waals surface area (Å²) in [6.07, 6.45) is 0.134. The van der Waals surface area contributed by atoms with Gasteiger partial charge in [-0.15, -0.1) is 11.6 Å². The summed E-state index contributed by atoms with van der Waals surface area (Å²) in [6.45, 7) is 3.81. The van der Waals surface area contributed by atoms with E-state index in [2.05, 4.69) is 10.6 Å². The van der Waals surface area contributed by atoms with Gasteiger partial charge in [0, 0.05) is 18.7 Å². The molecule has 0 aromatic heterocycles. The Bertz CT molecular complexity index is 529. The van der Waals surface area contributed by atoms with Crippen LogP contribution in [0, 0.1) is 0 Å². The van der Waals surface area contributed by atoms with E-state index in [-0.39, 0.29) is 24.8 Å². The number of alkyl halides is 1. The van der Waals surface area contributed by atoms with E-state index < -0.39 is 11.3 Å². The van der Waals surface area contributed by atoms with Crippen LogP contribution in [0.1, 0.15) is 30.6 Å². The molecule has 1 atom stereocenters. The zero-order valence-corrected chi connectivity index (χ0v) is 13.3. The summed E-state index contributed by atoms with van der Waals surface area (Å²) in [7, 11) is 0. The molecule has 120 valence electrons. The van der Waals surface area contributed by atoms with E-state index in [9.17, 15) is 14.4 Å². The summed E-state index contributed by atoms with van der Waals surface area (Å²) >= 11 is 5.59. The second-order valence-electron chi connectivity index (χ2n) is 4.50. The van der Waals surface area contributed by atoms with Crippen LogP contribution >= 0.6 is 11.6 Å². The number of carbonyl (C=O) groups is 3. The summed E-state index contributed by atoms with van der Waals surface area (Å²) in [5.41, 5.74) is 0.985. The first-order valence-corrected chi connectivity index (χ1v) is 7.36. The lowest BCUT2D eigenvalue weighted by Crippen LogP contribution is -2.32. The van der Waals surface area contributed by atoms with Crippen molar-refractivity contribution in [2.45, 2.75) is 25.6 Å². The van der Waals surface area contributed by atoms with Crippen molar-refractivity contribution in [2.75, 3.05) is 18.5 Å². The molecule has 0 spiro atoms. The number of ether oxygens (including phenoxy) is 1. The van der Waals surface area contributed by atoms with Crippen molar-refractivity contribution in [3.05, 3.63) is 29.8 Å². The monoisotopic (exact) mass is 326 g/mol. The van der Waals surface area contributed by atoms with Gasteiger partial charge in [0.1, 0.15) is 5.38 Å². The predicted octanol–water partition coefficient (Wildman–Crippen LogP) is 1.94. The number of anilines is 1. The van der Waals surface area contributed by atoms with Gasteiger partial charge in [-0.3, -0.25) is 9.59 Å².